The number of methoxy groups -OCH3 is 1. The largest absolute Gasteiger partial charge is 0.465 e. The van der Waals surface area contributed by atoms with Gasteiger partial charge in [0.25, 0.3) is 0 Å². The first-order valence-electron chi connectivity index (χ1n) is 10.9. The molecule has 1 fully saturated rings. The first kappa shape index (κ1) is 23.1. The van der Waals surface area contributed by atoms with Gasteiger partial charge in [-0.15, -0.1) is 0 Å². The summed E-state index contributed by atoms with van der Waals surface area (Å²) in [4.78, 5) is 41.1. The van der Waals surface area contributed by atoms with Gasteiger partial charge in [0.05, 0.1) is 19.1 Å². The van der Waals surface area contributed by atoms with Crippen LogP contribution in [0.15, 0.2) is 28.3 Å². The SMILES string of the molecule is CCOC(=O)[C@]12CCCC=C1N(CCCOC)C(=O)[C@@H]2CC(=O)NCc1ccc(C)o1. The molecule has 2 atom stereocenters. The lowest BCUT2D eigenvalue weighted by atomic mass is 9.68. The fraction of sp³-hybridized carbons (Fsp3) is 0.609. The van der Waals surface area contributed by atoms with Crippen LogP contribution in [0.5, 0.6) is 0 Å². The van der Waals surface area contributed by atoms with Gasteiger partial charge in [0.2, 0.25) is 11.8 Å². The molecular weight excluding hydrogens is 400 g/mol. The number of ether oxygens (including phenoxy) is 2. The van der Waals surface area contributed by atoms with Gasteiger partial charge in [-0.25, -0.2) is 0 Å². The number of nitrogens with zero attached hydrogens (tertiary/aromatic N) is 1. The summed E-state index contributed by atoms with van der Waals surface area (Å²) in [6.07, 6.45) is 4.60. The Hall–Kier alpha value is -2.61. The lowest BCUT2D eigenvalue weighted by Crippen LogP contribution is -2.43. The number of rotatable bonds is 10. The van der Waals surface area contributed by atoms with Gasteiger partial charge in [0, 0.05) is 32.4 Å². The molecule has 0 saturated carbocycles. The number of nitrogens with one attached hydrogen (secondary N) is 1. The van der Waals surface area contributed by atoms with Crippen molar-refractivity contribution in [3.05, 3.63) is 35.4 Å². The zero-order valence-corrected chi connectivity index (χ0v) is 18.6. The minimum absolute atomic E-state index is 0.0740. The average Bonchev–Trinajstić information content (AvgIpc) is 3.27. The number of hydrogen-bond donors (Lipinski definition) is 1. The molecule has 8 nitrogen and oxygen atoms in total. The lowest BCUT2D eigenvalue weighted by molar-refractivity contribution is -0.158. The van der Waals surface area contributed by atoms with Gasteiger partial charge in [-0.1, -0.05) is 6.08 Å². The van der Waals surface area contributed by atoms with E-state index < -0.39 is 17.3 Å². The minimum Gasteiger partial charge on any atom is -0.465 e. The van der Waals surface area contributed by atoms with E-state index in [1.807, 2.05) is 19.1 Å². The van der Waals surface area contributed by atoms with Crippen molar-refractivity contribution in [2.45, 2.75) is 52.5 Å². The molecule has 0 spiro atoms. The molecule has 1 aromatic rings. The van der Waals surface area contributed by atoms with Gasteiger partial charge in [-0.2, -0.15) is 0 Å². The average molecular weight is 433 g/mol. The maximum absolute atomic E-state index is 13.4. The third kappa shape index (κ3) is 4.69. The predicted molar refractivity (Wildman–Crippen MR) is 113 cm³/mol. The van der Waals surface area contributed by atoms with Crippen LogP contribution in [0.25, 0.3) is 0 Å². The molecule has 2 heterocycles. The number of furan rings is 1. The summed E-state index contributed by atoms with van der Waals surface area (Å²) in [5, 5.41) is 2.82. The van der Waals surface area contributed by atoms with Crippen LogP contribution < -0.4 is 5.32 Å². The number of esters is 1. The van der Waals surface area contributed by atoms with Crippen LogP contribution in [0.3, 0.4) is 0 Å². The van der Waals surface area contributed by atoms with Crippen LogP contribution >= 0.6 is 0 Å². The number of amides is 2. The third-order valence-electron chi connectivity index (χ3n) is 6.03. The molecule has 1 aliphatic carbocycles. The molecule has 8 heteroatoms. The van der Waals surface area contributed by atoms with Crippen LogP contribution in [0.1, 0.15) is 50.5 Å². The summed E-state index contributed by atoms with van der Waals surface area (Å²) < 4.78 is 16.0. The normalized spacial score (nSPS) is 22.8. The van der Waals surface area contributed by atoms with Crippen molar-refractivity contribution in [1.29, 1.82) is 0 Å². The predicted octanol–water partition coefficient (Wildman–Crippen LogP) is 2.71. The second-order valence-corrected chi connectivity index (χ2v) is 8.06. The topological polar surface area (TPSA) is 98.1 Å². The maximum Gasteiger partial charge on any atom is 0.318 e. The summed E-state index contributed by atoms with van der Waals surface area (Å²) in [7, 11) is 1.61. The molecule has 1 saturated heterocycles. The number of carbonyl (C=O) groups excluding carboxylic acids is 3. The molecule has 0 bridgehead atoms. The summed E-state index contributed by atoms with van der Waals surface area (Å²) in [6.45, 7) is 5.00. The number of hydrogen-bond acceptors (Lipinski definition) is 6. The zero-order chi connectivity index (χ0) is 22.4. The van der Waals surface area contributed by atoms with Crippen molar-refractivity contribution >= 4 is 17.8 Å². The number of aryl methyl sites for hydroxylation is 1. The van der Waals surface area contributed by atoms with E-state index in [1.54, 1.807) is 25.0 Å². The number of fused-ring (bicyclic) bond motifs is 1. The Bertz CT molecular complexity index is 845. The first-order chi connectivity index (χ1) is 14.9. The fourth-order valence-corrected chi connectivity index (χ4v) is 4.64. The standard InChI is InChI=1S/C23H32N2O6/c1-4-30-22(28)23-11-6-5-8-19(23)25(12-7-13-29-3)21(27)18(23)14-20(26)24-15-17-10-9-16(2)31-17/h8-10,18H,4-7,11-15H2,1-3H3,(H,24,26)/t18-,23-/m0/s1. The smallest absolute Gasteiger partial charge is 0.318 e. The van der Waals surface area contributed by atoms with Crippen molar-refractivity contribution in [2.24, 2.45) is 11.3 Å². The van der Waals surface area contributed by atoms with E-state index in [0.717, 1.165) is 18.6 Å². The lowest BCUT2D eigenvalue weighted by Gasteiger charge is -2.35. The first-order valence-corrected chi connectivity index (χ1v) is 10.9. The molecule has 0 aromatic carbocycles. The number of likely N-dealkylation sites (tertiary alicyclic amines) is 1. The van der Waals surface area contributed by atoms with Crippen LogP contribution in [-0.4, -0.2) is 49.6 Å². The molecule has 0 unspecified atom stereocenters. The van der Waals surface area contributed by atoms with E-state index in [-0.39, 0.29) is 31.4 Å². The van der Waals surface area contributed by atoms with E-state index in [0.29, 0.717) is 37.5 Å². The third-order valence-corrected chi connectivity index (χ3v) is 6.03. The molecule has 0 radical (unpaired) electrons. The highest BCUT2D eigenvalue weighted by Gasteiger charge is 2.61. The highest BCUT2D eigenvalue weighted by molar-refractivity contribution is 5.99. The Morgan fingerprint density at radius 1 is 1.35 bits per heavy atom. The zero-order valence-electron chi connectivity index (χ0n) is 18.6. The Morgan fingerprint density at radius 3 is 2.84 bits per heavy atom. The van der Waals surface area contributed by atoms with Gasteiger partial charge < -0.3 is 24.1 Å². The van der Waals surface area contributed by atoms with Crippen molar-refractivity contribution in [2.75, 3.05) is 26.9 Å². The molecule has 1 aliphatic heterocycles. The molecule has 2 amide bonds. The van der Waals surface area contributed by atoms with E-state index in [9.17, 15) is 14.4 Å². The summed E-state index contributed by atoms with van der Waals surface area (Å²) in [5.41, 5.74) is -0.408. The molecular formula is C23H32N2O6. The highest BCUT2D eigenvalue weighted by Crippen LogP contribution is 2.53. The van der Waals surface area contributed by atoms with Gasteiger partial charge in [-0.05, 0) is 51.7 Å². The summed E-state index contributed by atoms with van der Waals surface area (Å²) >= 11 is 0. The Balaban J connectivity index is 1.82. The van der Waals surface area contributed by atoms with E-state index in [2.05, 4.69) is 5.32 Å². The fourth-order valence-electron chi connectivity index (χ4n) is 4.64. The van der Waals surface area contributed by atoms with E-state index in [1.165, 1.54) is 0 Å². The second-order valence-electron chi connectivity index (χ2n) is 8.06. The van der Waals surface area contributed by atoms with Crippen molar-refractivity contribution in [1.82, 2.24) is 10.2 Å². The van der Waals surface area contributed by atoms with Gasteiger partial charge in [0.1, 0.15) is 16.9 Å². The van der Waals surface area contributed by atoms with Crippen LogP contribution in [-0.2, 0) is 30.4 Å². The molecule has 3 rings (SSSR count). The summed E-state index contributed by atoms with van der Waals surface area (Å²) in [6, 6.07) is 3.63. The molecule has 31 heavy (non-hydrogen) atoms. The molecule has 1 N–H and O–H groups in total. The molecule has 1 aromatic heterocycles. The van der Waals surface area contributed by atoms with Crippen molar-refractivity contribution < 1.29 is 28.3 Å². The van der Waals surface area contributed by atoms with Crippen LogP contribution in [0, 0.1) is 18.3 Å². The Morgan fingerprint density at radius 2 is 2.16 bits per heavy atom. The van der Waals surface area contributed by atoms with Gasteiger partial charge >= 0.3 is 5.97 Å². The Labute approximate surface area is 182 Å². The van der Waals surface area contributed by atoms with Crippen molar-refractivity contribution in [3.8, 4) is 0 Å². The van der Waals surface area contributed by atoms with E-state index in [4.69, 9.17) is 13.9 Å². The molecule has 170 valence electrons. The van der Waals surface area contributed by atoms with Gasteiger partial charge in [-0.3, -0.25) is 14.4 Å². The van der Waals surface area contributed by atoms with Crippen LogP contribution in [0.4, 0.5) is 0 Å². The van der Waals surface area contributed by atoms with Crippen LogP contribution in [0.2, 0.25) is 0 Å². The number of carbonyl (C=O) groups is 3. The van der Waals surface area contributed by atoms with Crippen molar-refractivity contribution in [3.63, 3.8) is 0 Å². The summed E-state index contributed by atoms with van der Waals surface area (Å²) in [5.74, 6) is -0.272. The maximum atomic E-state index is 13.4. The number of allylic oxidation sites excluding steroid dienone is 1. The van der Waals surface area contributed by atoms with Gasteiger partial charge in [0.15, 0.2) is 0 Å². The second kappa shape index (κ2) is 10.1. The van der Waals surface area contributed by atoms with E-state index >= 15 is 0 Å². The minimum atomic E-state index is -1.10. The monoisotopic (exact) mass is 432 g/mol. The quantitative estimate of drug-likeness (QED) is 0.451. The molecule has 2 aliphatic rings. The highest BCUT2D eigenvalue weighted by atomic mass is 16.5. The Kier molecular flexibility index (Phi) is 7.54.